The normalized spacial score (nSPS) is 12.2. The summed E-state index contributed by atoms with van der Waals surface area (Å²) in [5.41, 5.74) is 1.82. The molecule has 0 saturated heterocycles. The average Bonchev–Trinajstić information content (AvgIpc) is 3.06. The second-order valence-electron chi connectivity index (χ2n) is 7.10. The molecule has 0 spiro atoms. The Hall–Kier alpha value is -1.44. The van der Waals surface area contributed by atoms with Gasteiger partial charge in [-0.25, -0.2) is 9.67 Å². The summed E-state index contributed by atoms with van der Waals surface area (Å²) in [6.07, 6.45) is 1.72. The fourth-order valence-corrected chi connectivity index (χ4v) is 3.55. The van der Waals surface area contributed by atoms with Crippen molar-refractivity contribution in [1.29, 1.82) is 0 Å². The van der Waals surface area contributed by atoms with Crippen LogP contribution in [0.1, 0.15) is 5.89 Å². The summed E-state index contributed by atoms with van der Waals surface area (Å²) in [7, 11) is -1.09. The lowest BCUT2D eigenvalue weighted by molar-refractivity contribution is 0.0818. The lowest BCUT2D eigenvalue weighted by Gasteiger charge is -2.15. The van der Waals surface area contributed by atoms with E-state index in [2.05, 4.69) is 40.6 Å². The summed E-state index contributed by atoms with van der Waals surface area (Å²) in [4.78, 5) is 4.18. The highest BCUT2D eigenvalue weighted by Gasteiger charge is 2.17. The number of hydrogen-bond donors (Lipinski definition) is 0. The Morgan fingerprint density at radius 1 is 1.29 bits per heavy atom. The van der Waals surface area contributed by atoms with E-state index in [4.69, 9.17) is 14.3 Å². The van der Waals surface area contributed by atoms with Gasteiger partial charge in [-0.05, 0) is 24.2 Å². The highest BCUT2D eigenvalue weighted by Crippen LogP contribution is 2.30. The highest BCUT2D eigenvalue weighted by molar-refractivity contribution is 9.10. The first kappa shape index (κ1) is 17.4. The summed E-state index contributed by atoms with van der Waals surface area (Å²) in [5.74, 6) is 1.31. The number of aryl methyl sites for hydroxylation is 1. The third kappa shape index (κ3) is 3.96. The molecule has 7 heteroatoms. The molecule has 2 heterocycles. The van der Waals surface area contributed by atoms with Crippen molar-refractivity contribution in [2.45, 2.75) is 39.3 Å². The fraction of sp³-hybridized carbons (Fsp3) is 0.412. The Bertz CT molecular complexity index is 851. The number of rotatable bonds is 6. The van der Waals surface area contributed by atoms with Crippen molar-refractivity contribution in [3.8, 4) is 11.5 Å². The number of ether oxygens (including phenoxy) is 1. The Morgan fingerprint density at radius 2 is 2.08 bits per heavy atom. The summed E-state index contributed by atoms with van der Waals surface area (Å²) in [6.45, 7) is 10.1. The van der Waals surface area contributed by atoms with Crippen LogP contribution in [0.25, 0.3) is 22.4 Å². The predicted octanol–water partition coefficient (Wildman–Crippen LogP) is 5.07. The molecule has 3 rings (SSSR count). The van der Waals surface area contributed by atoms with Crippen LogP contribution in [0, 0.1) is 6.92 Å². The first-order valence-corrected chi connectivity index (χ1v) is 12.5. The molecule has 0 unspecified atom stereocenters. The van der Waals surface area contributed by atoms with Gasteiger partial charge >= 0.3 is 0 Å². The van der Waals surface area contributed by atoms with E-state index >= 15 is 0 Å². The van der Waals surface area contributed by atoms with Crippen molar-refractivity contribution >= 4 is 34.9 Å². The zero-order valence-corrected chi connectivity index (χ0v) is 17.1. The highest BCUT2D eigenvalue weighted by atomic mass is 79.9. The van der Waals surface area contributed by atoms with Crippen LogP contribution in [0.5, 0.6) is 0 Å². The van der Waals surface area contributed by atoms with Gasteiger partial charge in [-0.15, -0.1) is 0 Å². The van der Waals surface area contributed by atoms with Gasteiger partial charge in [-0.1, -0.05) is 35.6 Å². The molecule has 0 saturated carbocycles. The van der Waals surface area contributed by atoms with Crippen molar-refractivity contribution in [2.75, 3.05) is 6.61 Å². The van der Waals surface area contributed by atoms with Crippen LogP contribution in [-0.4, -0.2) is 29.4 Å². The Kier molecular flexibility index (Phi) is 4.94. The molecule has 2 aromatic heterocycles. The predicted molar refractivity (Wildman–Crippen MR) is 102 cm³/mol. The van der Waals surface area contributed by atoms with Gasteiger partial charge in [-0.3, -0.25) is 0 Å². The van der Waals surface area contributed by atoms with Crippen molar-refractivity contribution in [3.63, 3.8) is 0 Å². The first-order valence-electron chi connectivity index (χ1n) is 8.00. The molecular weight excluding hydrogens is 386 g/mol. The second-order valence-corrected chi connectivity index (χ2v) is 13.6. The van der Waals surface area contributed by atoms with Crippen LogP contribution in [0.3, 0.4) is 0 Å². The molecule has 0 fully saturated rings. The van der Waals surface area contributed by atoms with Crippen LogP contribution in [0.2, 0.25) is 25.7 Å². The molecule has 0 aliphatic rings. The van der Waals surface area contributed by atoms with Crippen molar-refractivity contribution < 1.29 is 9.15 Å². The number of halogens is 1. The van der Waals surface area contributed by atoms with E-state index in [0.29, 0.717) is 18.4 Å². The van der Waals surface area contributed by atoms with Gasteiger partial charge in [0.2, 0.25) is 0 Å². The molecule has 0 aliphatic carbocycles. The summed E-state index contributed by atoms with van der Waals surface area (Å²) < 4.78 is 14.4. The number of nitrogens with zero attached hydrogens (tertiary/aromatic N) is 3. The molecule has 1 aromatic carbocycles. The lowest BCUT2D eigenvalue weighted by atomic mass is 10.2. The van der Waals surface area contributed by atoms with E-state index in [1.54, 1.807) is 6.20 Å². The van der Waals surface area contributed by atoms with E-state index < -0.39 is 8.07 Å². The minimum Gasteiger partial charge on any atom is -0.439 e. The van der Waals surface area contributed by atoms with Gasteiger partial charge < -0.3 is 9.15 Å². The Morgan fingerprint density at radius 3 is 2.75 bits per heavy atom. The summed E-state index contributed by atoms with van der Waals surface area (Å²) >= 11 is 3.53. The minimum absolute atomic E-state index is 0.440. The quantitative estimate of drug-likeness (QED) is 0.422. The first-order chi connectivity index (χ1) is 11.3. The summed E-state index contributed by atoms with van der Waals surface area (Å²) in [6, 6.07) is 7.25. The molecule has 24 heavy (non-hydrogen) atoms. The number of hydrogen-bond acceptors (Lipinski definition) is 4. The van der Waals surface area contributed by atoms with E-state index in [0.717, 1.165) is 33.7 Å². The Labute approximate surface area is 151 Å². The molecular formula is C17H22BrN3O2Si. The number of benzene rings is 1. The number of aromatic nitrogens is 3. The zero-order valence-electron chi connectivity index (χ0n) is 14.5. The van der Waals surface area contributed by atoms with Crippen molar-refractivity contribution in [2.24, 2.45) is 0 Å². The lowest BCUT2D eigenvalue weighted by Crippen LogP contribution is -2.22. The number of oxazole rings is 1. The van der Waals surface area contributed by atoms with E-state index in [9.17, 15) is 0 Å². The average molecular weight is 408 g/mol. The van der Waals surface area contributed by atoms with E-state index in [1.165, 1.54) is 0 Å². The third-order valence-electron chi connectivity index (χ3n) is 3.78. The summed E-state index contributed by atoms with van der Waals surface area (Å²) in [5, 5.41) is 5.72. The van der Waals surface area contributed by atoms with Crippen LogP contribution in [-0.2, 0) is 11.5 Å². The minimum atomic E-state index is -1.09. The van der Waals surface area contributed by atoms with Gasteiger partial charge in [-0.2, -0.15) is 5.10 Å². The van der Waals surface area contributed by atoms with Crippen molar-refractivity contribution in [1.82, 2.24) is 14.8 Å². The van der Waals surface area contributed by atoms with Crippen LogP contribution < -0.4 is 0 Å². The van der Waals surface area contributed by atoms with E-state index in [-0.39, 0.29) is 0 Å². The largest absolute Gasteiger partial charge is 0.439 e. The SMILES string of the molecule is Cc1ncc(-c2nn(COCC[Si](C)(C)C)c3ccc(Br)cc23)o1. The molecule has 0 N–H and O–H groups in total. The maximum absolute atomic E-state index is 5.87. The molecule has 0 atom stereocenters. The molecule has 128 valence electrons. The molecule has 3 aromatic rings. The fourth-order valence-electron chi connectivity index (χ4n) is 2.43. The second kappa shape index (κ2) is 6.82. The monoisotopic (exact) mass is 407 g/mol. The molecule has 0 radical (unpaired) electrons. The Balaban J connectivity index is 1.88. The van der Waals surface area contributed by atoms with Crippen LogP contribution >= 0.6 is 15.9 Å². The molecule has 0 amide bonds. The van der Waals surface area contributed by atoms with Gasteiger partial charge in [0.15, 0.2) is 11.7 Å². The van der Waals surface area contributed by atoms with Crippen molar-refractivity contribution in [3.05, 3.63) is 34.8 Å². The van der Waals surface area contributed by atoms with E-state index in [1.807, 2.05) is 29.8 Å². The maximum atomic E-state index is 5.87. The van der Waals surface area contributed by atoms with Crippen LogP contribution in [0.15, 0.2) is 33.3 Å². The van der Waals surface area contributed by atoms with Gasteiger partial charge in [0.25, 0.3) is 0 Å². The van der Waals surface area contributed by atoms with Gasteiger partial charge in [0.1, 0.15) is 12.4 Å². The standard InChI is InChI=1S/C17H22BrN3O2Si/c1-12-19-10-16(23-12)17-14-9-13(18)5-6-15(14)21(20-17)11-22-7-8-24(2,3)4/h5-6,9-10H,7-8,11H2,1-4H3. The van der Waals surface area contributed by atoms with Crippen LogP contribution in [0.4, 0.5) is 0 Å². The molecule has 5 nitrogen and oxygen atoms in total. The topological polar surface area (TPSA) is 53.1 Å². The van der Waals surface area contributed by atoms with Gasteiger partial charge in [0.05, 0.1) is 11.7 Å². The molecule has 0 bridgehead atoms. The van der Waals surface area contributed by atoms with Gasteiger partial charge in [0, 0.05) is 31.5 Å². The maximum Gasteiger partial charge on any atom is 0.191 e. The zero-order chi connectivity index (χ0) is 17.3. The smallest absolute Gasteiger partial charge is 0.191 e. The molecule has 0 aliphatic heterocycles. The third-order valence-corrected chi connectivity index (χ3v) is 5.97. The number of fused-ring (bicyclic) bond motifs is 1.